The van der Waals surface area contributed by atoms with Gasteiger partial charge >= 0.3 is 11.9 Å². The van der Waals surface area contributed by atoms with E-state index in [4.69, 9.17) is 39.0 Å². The maximum absolute atomic E-state index is 13.7. The molecule has 59 heavy (non-hydrogen) atoms. The van der Waals surface area contributed by atoms with Gasteiger partial charge in [0.15, 0.2) is 22.3 Å². The Hall–Kier alpha value is -5.93. The van der Waals surface area contributed by atoms with Crippen LogP contribution < -0.4 is 27.4 Å². The number of anilines is 1. The molecule has 3 aromatic heterocycles. The third kappa shape index (κ3) is 8.48. The SMILES string of the molecule is Cc1cc(SCC2=C(C(=O)O)N3C(=O)[C@@H](NC(=O)/C(=N\OC(C)(C)C(=O)NNC(=O)c4cc(Cl)c(O)c(O)c4Cl)c4csc(N)n4)[C@H]3SC2)n2nc(C(=O)NO)nc2n1. The molecule has 0 unspecified atom stereocenters. The number of rotatable bonds is 12. The molecule has 0 saturated carbocycles. The summed E-state index contributed by atoms with van der Waals surface area (Å²) in [4.78, 5) is 96.1. The second kappa shape index (κ2) is 16.7. The van der Waals surface area contributed by atoms with Crippen LogP contribution in [-0.2, 0) is 24.0 Å². The lowest BCUT2D eigenvalue weighted by molar-refractivity contribution is -0.150. The monoisotopic (exact) mass is 910 g/mol. The van der Waals surface area contributed by atoms with Gasteiger partial charge in [0.05, 0.1) is 15.6 Å². The van der Waals surface area contributed by atoms with Crippen LogP contribution in [0.4, 0.5) is 5.13 Å². The van der Waals surface area contributed by atoms with Crippen LogP contribution in [0.2, 0.25) is 10.0 Å². The number of phenolic OH excluding ortho intramolecular Hbond substituents is 2. The Morgan fingerprint density at radius 2 is 1.83 bits per heavy atom. The van der Waals surface area contributed by atoms with E-state index in [0.29, 0.717) is 16.3 Å². The third-order valence-electron chi connectivity index (χ3n) is 8.23. The molecule has 0 radical (unpaired) electrons. The van der Waals surface area contributed by atoms with Gasteiger partial charge in [0.1, 0.15) is 27.8 Å². The molecule has 23 nitrogen and oxygen atoms in total. The number of nitrogens with zero attached hydrogens (tertiary/aromatic N) is 7. The molecule has 6 rings (SSSR count). The van der Waals surface area contributed by atoms with E-state index in [1.165, 1.54) is 41.0 Å². The number of hydrazine groups is 1. The predicted octanol–water partition coefficient (Wildman–Crippen LogP) is 0.800. The number of hydroxylamine groups is 1. The molecule has 1 saturated heterocycles. The summed E-state index contributed by atoms with van der Waals surface area (Å²) < 4.78 is 1.26. The van der Waals surface area contributed by atoms with E-state index in [9.17, 15) is 44.1 Å². The fourth-order valence-corrected chi connectivity index (χ4v) is 8.78. The standard InChI is InChI=1S/C31H28Cl2N12O11S3/c1-9-4-14(45-30(35-9)38-21(41-45)24(50)42-55)57-6-10-7-58-26-17(25(51)44(26)18(10)27(52)53)37-23(49)16(13-8-59-29(34)36-13)43-56-31(2,3)28(54)40-39-22(48)11-5-12(32)19(46)20(47)15(11)33/h4-5,8,17,26,46-47,55H,6-7H2,1-3H3,(H2,34,36)(H,37,49)(H,39,48)(H,40,54)(H,42,50)(H,52,53)/b43-16-/t17-,26-/m1/s1. The van der Waals surface area contributed by atoms with Crippen molar-refractivity contribution in [3.05, 3.63) is 61.6 Å². The molecule has 28 heteroatoms. The van der Waals surface area contributed by atoms with Crippen molar-refractivity contribution in [2.45, 2.75) is 42.8 Å². The molecule has 310 valence electrons. The first-order chi connectivity index (χ1) is 27.8. The number of aromatic hydroxyl groups is 2. The van der Waals surface area contributed by atoms with E-state index >= 15 is 0 Å². The molecule has 2 aliphatic rings. The Labute approximate surface area is 352 Å². The summed E-state index contributed by atoms with van der Waals surface area (Å²) in [5, 5.41) is 49.3. The van der Waals surface area contributed by atoms with Gasteiger partial charge in [-0.25, -0.2) is 20.2 Å². The van der Waals surface area contributed by atoms with Crippen molar-refractivity contribution >= 4 is 110 Å². The number of aromatic nitrogens is 5. The number of nitrogen functional groups attached to an aromatic ring is 1. The summed E-state index contributed by atoms with van der Waals surface area (Å²) >= 11 is 15.0. The number of oxime groups is 1. The Bertz CT molecular complexity index is 2530. The van der Waals surface area contributed by atoms with Gasteiger partial charge in [0.25, 0.3) is 29.4 Å². The molecule has 2 aliphatic heterocycles. The van der Waals surface area contributed by atoms with Crippen LogP contribution in [0.15, 0.2) is 39.0 Å². The Morgan fingerprint density at radius 3 is 2.49 bits per heavy atom. The van der Waals surface area contributed by atoms with Crippen molar-refractivity contribution in [1.82, 2.24) is 51.1 Å². The zero-order valence-corrected chi connectivity index (χ0v) is 34.1. The Morgan fingerprint density at radius 1 is 1.10 bits per heavy atom. The quantitative estimate of drug-likeness (QED) is 0.0180. The summed E-state index contributed by atoms with van der Waals surface area (Å²) in [7, 11) is 0. The summed E-state index contributed by atoms with van der Waals surface area (Å²) in [6.07, 6.45) is 0. The Balaban J connectivity index is 1.15. The minimum absolute atomic E-state index is 0.0391. The number of carboxylic acid groups (broad SMARTS) is 1. The number of amides is 5. The van der Waals surface area contributed by atoms with E-state index in [0.717, 1.165) is 34.1 Å². The maximum atomic E-state index is 13.7. The smallest absolute Gasteiger partial charge is 0.352 e. The van der Waals surface area contributed by atoms with Gasteiger partial charge in [-0.2, -0.15) is 9.50 Å². The number of benzene rings is 1. The second-order valence-electron chi connectivity index (χ2n) is 12.7. The number of phenols is 2. The average Bonchev–Trinajstić information content (AvgIpc) is 3.83. The molecule has 4 aromatic rings. The normalized spacial score (nSPS) is 16.6. The first-order valence-electron chi connectivity index (χ1n) is 16.3. The number of thioether (sulfide) groups is 2. The number of hydrogen-bond acceptors (Lipinski definition) is 19. The molecular formula is C31H28Cl2N12O11S3. The van der Waals surface area contributed by atoms with Crippen LogP contribution in [-0.4, -0.2) is 120 Å². The van der Waals surface area contributed by atoms with Crippen LogP contribution in [0.25, 0.3) is 5.78 Å². The number of aliphatic carboxylic acids is 1. The number of nitrogens with two attached hydrogens (primary N) is 1. The van der Waals surface area contributed by atoms with Crippen molar-refractivity contribution in [2.24, 2.45) is 5.16 Å². The van der Waals surface area contributed by atoms with Crippen molar-refractivity contribution in [3.8, 4) is 11.5 Å². The topological polar surface area (TPSA) is 338 Å². The van der Waals surface area contributed by atoms with E-state index in [2.05, 4.69) is 41.4 Å². The van der Waals surface area contributed by atoms with Gasteiger partial charge in [0.2, 0.25) is 11.4 Å². The fourth-order valence-electron chi connectivity index (χ4n) is 5.27. The highest BCUT2D eigenvalue weighted by Gasteiger charge is 2.54. The number of β-lactam (4-membered cyclic amide) rings is 1. The molecule has 0 aliphatic carbocycles. The number of carbonyl (C=O) groups excluding carboxylic acids is 5. The summed E-state index contributed by atoms with van der Waals surface area (Å²) in [6.45, 7) is 4.14. The average molecular weight is 912 g/mol. The second-order valence-corrected chi connectivity index (χ2v) is 16.4. The molecule has 0 bridgehead atoms. The predicted molar refractivity (Wildman–Crippen MR) is 209 cm³/mol. The van der Waals surface area contributed by atoms with E-state index in [1.807, 2.05) is 0 Å². The molecule has 0 spiro atoms. The summed E-state index contributed by atoms with van der Waals surface area (Å²) in [5.74, 6) is -7.82. The number of halogens is 2. The highest BCUT2D eigenvalue weighted by Crippen LogP contribution is 2.42. The zero-order valence-electron chi connectivity index (χ0n) is 30.1. The number of nitrogens with one attached hydrogen (secondary N) is 4. The summed E-state index contributed by atoms with van der Waals surface area (Å²) in [6, 6.07) is 1.36. The van der Waals surface area contributed by atoms with Crippen LogP contribution in [0.3, 0.4) is 0 Å². The largest absolute Gasteiger partial charge is 0.503 e. The van der Waals surface area contributed by atoms with Crippen molar-refractivity contribution in [2.75, 3.05) is 17.2 Å². The Kier molecular flexibility index (Phi) is 12.1. The minimum atomic E-state index is -1.90. The highest BCUT2D eigenvalue weighted by molar-refractivity contribution is 8.01. The lowest BCUT2D eigenvalue weighted by Crippen LogP contribution is -2.71. The van der Waals surface area contributed by atoms with E-state index < -0.39 is 85.3 Å². The molecule has 5 heterocycles. The van der Waals surface area contributed by atoms with E-state index in [-0.39, 0.29) is 39.6 Å². The van der Waals surface area contributed by atoms with Gasteiger partial charge in [-0.1, -0.05) is 28.4 Å². The van der Waals surface area contributed by atoms with Gasteiger partial charge in [-0.05, 0) is 38.5 Å². The number of fused-ring (bicyclic) bond motifs is 2. The summed E-state index contributed by atoms with van der Waals surface area (Å²) in [5.41, 5.74) is 9.08. The maximum Gasteiger partial charge on any atom is 0.352 e. The molecule has 5 amide bonds. The van der Waals surface area contributed by atoms with Gasteiger partial charge < -0.3 is 31.2 Å². The number of thiazole rings is 1. The van der Waals surface area contributed by atoms with Crippen LogP contribution in [0, 0.1) is 6.92 Å². The first-order valence-corrected chi connectivity index (χ1v) is 20.0. The fraction of sp³-hybridized carbons (Fsp3) is 0.258. The van der Waals surface area contributed by atoms with Crippen molar-refractivity contribution in [3.63, 3.8) is 0 Å². The number of aryl methyl sites for hydroxylation is 1. The van der Waals surface area contributed by atoms with E-state index in [1.54, 1.807) is 13.0 Å². The molecule has 1 fully saturated rings. The molecule has 1 aromatic carbocycles. The van der Waals surface area contributed by atoms with Gasteiger partial charge in [-0.15, -0.1) is 40.0 Å². The van der Waals surface area contributed by atoms with Crippen LogP contribution in [0.5, 0.6) is 11.5 Å². The lowest BCUT2D eigenvalue weighted by Gasteiger charge is -2.49. The lowest BCUT2D eigenvalue weighted by atomic mass is 10.0. The number of carboxylic acids is 1. The number of carbonyl (C=O) groups is 6. The zero-order chi connectivity index (χ0) is 43.1. The number of hydrogen-bond donors (Lipinski definition) is 9. The third-order valence-corrected chi connectivity index (χ3v) is 12.0. The van der Waals surface area contributed by atoms with Crippen molar-refractivity contribution in [1.29, 1.82) is 0 Å². The molecule has 10 N–H and O–H groups in total. The first kappa shape index (κ1) is 42.7. The molecular weight excluding hydrogens is 884 g/mol. The highest BCUT2D eigenvalue weighted by atomic mass is 35.5. The van der Waals surface area contributed by atoms with Crippen molar-refractivity contribution < 1.29 is 54.1 Å². The van der Waals surface area contributed by atoms with Gasteiger partial charge in [0, 0.05) is 22.6 Å². The minimum Gasteiger partial charge on any atom is -0.503 e. The molecule has 2 atom stereocenters. The van der Waals surface area contributed by atoms with Crippen LogP contribution in [0.1, 0.15) is 46.2 Å². The van der Waals surface area contributed by atoms with Gasteiger partial charge in [-0.3, -0.25) is 44.9 Å². The van der Waals surface area contributed by atoms with Crippen LogP contribution >= 0.6 is 58.1 Å².